The average Bonchev–Trinajstić information content (AvgIpc) is 3.69. The van der Waals surface area contributed by atoms with Crippen molar-refractivity contribution in [2.75, 3.05) is 0 Å². The molecule has 0 spiro atoms. The minimum absolute atomic E-state index is 0.0502. The first kappa shape index (κ1) is 27.4. The van der Waals surface area contributed by atoms with E-state index in [4.69, 9.17) is 5.26 Å². The SMILES string of the molecule is CC(=O)O[C@@](I)(c1ccc(C(=O)N(C2CC2)[C@H]2CC[C@@H](c3ccc(C#N)cc3)C[C@@H]2C)cc1)C(F)(F)F. The zero-order chi connectivity index (χ0) is 27.0. The van der Waals surface area contributed by atoms with Crippen molar-refractivity contribution in [2.24, 2.45) is 5.92 Å². The molecule has 196 valence electrons. The third kappa shape index (κ3) is 5.79. The Bertz CT molecular complexity index is 1190. The van der Waals surface area contributed by atoms with Crippen LogP contribution in [0.5, 0.6) is 0 Å². The van der Waals surface area contributed by atoms with Crippen LogP contribution in [0.3, 0.4) is 0 Å². The summed E-state index contributed by atoms with van der Waals surface area (Å²) >= 11 is 1.09. The van der Waals surface area contributed by atoms with E-state index in [1.165, 1.54) is 29.8 Å². The Labute approximate surface area is 228 Å². The van der Waals surface area contributed by atoms with Crippen molar-refractivity contribution < 1.29 is 27.5 Å². The topological polar surface area (TPSA) is 70.4 Å². The van der Waals surface area contributed by atoms with Crippen molar-refractivity contribution in [3.8, 4) is 6.07 Å². The van der Waals surface area contributed by atoms with Crippen molar-refractivity contribution in [3.05, 3.63) is 70.8 Å². The van der Waals surface area contributed by atoms with Crippen LogP contribution in [-0.4, -0.2) is 35.0 Å². The summed E-state index contributed by atoms with van der Waals surface area (Å²) < 4.78 is 43.1. The number of ether oxygens (including phenoxy) is 1. The van der Waals surface area contributed by atoms with Gasteiger partial charge in [-0.3, -0.25) is 9.59 Å². The molecule has 2 fully saturated rings. The number of carbonyl (C=O) groups is 2. The van der Waals surface area contributed by atoms with E-state index in [1.807, 2.05) is 29.2 Å². The minimum Gasteiger partial charge on any atom is -0.434 e. The first-order valence-corrected chi connectivity index (χ1v) is 13.4. The molecule has 4 atom stereocenters. The predicted molar refractivity (Wildman–Crippen MR) is 140 cm³/mol. The number of rotatable bonds is 6. The number of hydrogen-bond acceptors (Lipinski definition) is 4. The summed E-state index contributed by atoms with van der Waals surface area (Å²) in [6, 6.07) is 15.2. The largest absolute Gasteiger partial charge is 0.442 e. The highest BCUT2D eigenvalue weighted by molar-refractivity contribution is 14.1. The molecule has 5 nitrogen and oxygen atoms in total. The number of nitrogens with zero attached hydrogens (tertiary/aromatic N) is 2. The normalized spacial score (nSPS) is 23.4. The summed E-state index contributed by atoms with van der Waals surface area (Å²) in [5.74, 6) is -0.622. The highest BCUT2D eigenvalue weighted by atomic mass is 127. The Hall–Kier alpha value is -2.61. The first-order valence-electron chi connectivity index (χ1n) is 12.3. The molecule has 4 rings (SSSR count). The van der Waals surface area contributed by atoms with Gasteiger partial charge in [0.25, 0.3) is 9.51 Å². The summed E-state index contributed by atoms with van der Waals surface area (Å²) in [6.07, 6.45) is -0.316. The quantitative estimate of drug-likeness (QED) is 0.200. The molecule has 0 radical (unpaired) electrons. The summed E-state index contributed by atoms with van der Waals surface area (Å²) in [5, 5.41) is 9.05. The molecular weight excluding hydrogens is 596 g/mol. The minimum atomic E-state index is -4.83. The second kappa shape index (κ2) is 10.6. The van der Waals surface area contributed by atoms with Crippen LogP contribution in [0.25, 0.3) is 0 Å². The molecule has 0 bridgehead atoms. The number of carbonyl (C=O) groups excluding carboxylic acids is 2. The number of nitriles is 1. The van der Waals surface area contributed by atoms with E-state index in [-0.39, 0.29) is 29.5 Å². The van der Waals surface area contributed by atoms with Crippen molar-refractivity contribution >= 4 is 34.5 Å². The van der Waals surface area contributed by atoms with Crippen LogP contribution in [0.4, 0.5) is 13.2 Å². The van der Waals surface area contributed by atoms with Gasteiger partial charge in [0.05, 0.1) is 11.6 Å². The lowest BCUT2D eigenvalue weighted by Crippen LogP contribution is -2.47. The zero-order valence-electron chi connectivity index (χ0n) is 20.6. The molecule has 2 aromatic rings. The Balaban J connectivity index is 1.51. The molecule has 37 heavy (non-hydrogen) atoms. The Morgan fingerprint density at radius 1 is 1.03 bits per heavy atom. The summed E-state index contributed by atoms with van der Waals surface area (Å²) in [5.41, 5.74) is 1.90. The molecular formula is C28H28F3IN2O3. The number of esters is 1. The van der Waals surface area contributed by atoms with E-state index in [0.717, 1.165) is 61.6 Å². The van der Waals surface area contributed by atoms with Crippen molar-refractivity contribution in [1.29, 1.82) is 5.26 Å². The average molecular weight is 624 g/mol. The molecule has 0 aliphatic heterocycles. The lowest BCUT2D eigenvalue weighted by molar-refractivity contribution is -0.231. The van der Waals surface area contributed by atoms with Gasteiger partial charge in [0, 0.05) is 30.1 Å². The molecule has 2 aliphatic carbocycles. The van der Waals surface area contributed by atoms with Gasteiger partial charge in [-0.2, -0.15) is 18.4 Å². The van der Waals surface area contributed by atoms with E-state index >= 15 is 0 Å². The third-order valence-corrected chi connectivity index (χ3v) is 8.77. The van der Waals surface area contributed by atoms with Crippen molar-refractivity contribution in [1.82, 2.24) is 4.90 Å². The maximum atomic E-state index is 13.8. The lowest BCUT2D eigenvalue weighted by Gasteiger charge is -2.42. The van der Waals surface area contributed by atoms with Gasteiger partial charge >= 0.3 is 12.1 Å². The molecule has 0 saturated heterocycles. The molecule has 0 heterocycles. The van der Waals surface area contributed by atoms with Crippen LogP contribution in [0.2, 0.25) is 0 Å². The predicted octanol–water partition coefficient (Wildman–Crippen LogP) is 6.85. The van der Waals surface area contributed by atoms with Gasteiger partial charge in [0.2, 0.25) is 0 Å². The summed E-state index contributed by atoms with van der Waals surface area (Å²) in [6.45, 7) is 3.08. The first-order chi connectivity index (χ1) is 17.4. The van der Waals surface area contributed by atoms with Crippen LogP contribution in [0.1, 0.15) is 78.9 Å². The highest BCUT2D eigenvalue weighted by Gasteiger charge is 2.57. The van der Waals surface area contributed by atoms with Gasteiger partial charge in [-0.05, 0) is 96.4 Å². The molecule has 0 N–H and O–H groups in total. The van der Waals surface area contributed by atoms with E-state index < -0.39 is 15.8 Å². The number of hydrogen-bond donors (Lipinski definition) is 0. The highest BCUT2D eigenvalue weighted by Crippen LogP contribution is 2.48. The lowest BCUT2D eigenvalue weighted by atomic mass is 9.75. The third-order valence-electron chi connectivity index (χ3n) is 7.32. The van der Waals surface area contributed by atoms with Gasteiger partial charge in [-0.25, -0.2) is 0 Å². The van der Waals surface area contributed by atoms with E-state index in [2.05, 4.69) is 17.7 Å². The molecule has 2 aliphatic rings. The number of alkyl halides is 4. The molecule has 2 aromatic carbocycles. The van der Waals surface area contributed by atoms with Crippen LogP contribution in [0.15, 0.2) is 48.5 Å². The van der Waals surface area contributed by atoms with Gasteiger partial charge in [-0.15, -0.1) is 0 Å². The second-order valence-corrected chi connectivity index (χ2v) is 11.5. The molecule has 0 unspecified atom stereocenters. The van der Waals surface area contributed by atoms with Crippen LogP contribution < -0.4 is 0 Å². The summed E-state index contributed by atoms with van der Waals surface area (Å²) in [4.78, 5) is 26.9. The van der Waals surface area contributed by atoms with Crippen molar-refractivity contribution in [3.63, 3.8) is 0 Å². The molecule has 1 amide bonds. The van der Waals surface area contributed by atoms with Crippen molar-refractivity contribution in [2.45, 2.75) is 73.7 Å². The molecule has 0 aromatic heterocycles. The smallest absolute Gasteiger partial charge is 0.434 e. The summed E-state index contributed by atoms with van der Waals surface area (Å²) in [7, 11) is 0. The van der Waals surface area contributed by atoms with Crippen LogP contribution >= 0.6 is 22.6 Å². The second-order valence-electron chi connectivity index (χ2n) is 10.00. The number of benzene rings is 2. The zero-order valence-corrected chi connectivity index (χ0v) is 22.8. The van der Waals surface area contributed by atoms with Gasteiger partial charge < -0.3 is 9.64 Å². The Morgan fingerprint density at radius 2 is 1.65 bits per heavy atom. The van der Waals surface area contributed by atoms with E-state index in [9.17, 15) is 22.8 Å². The standard InChI is InChI=1S/C28H28F3IN2O3/c1-17-15-22(20-5-3-19(16-33)4-6-20)9-14-25(17)34(24-12-13-24)26(36)21-7-10-23(11-8-21)27(32,28(29,30)31)37-18(2)35/h3-8,10-11,17,22,24-25H,9,12-15H2,1-2H3/t17-,22+,25-,27-/m0/s1. The fourth-order valence-corrected chi connectivity index (χ4v) is 5.99. The monoisotopic (exact) mass is 624 g/mol. The van der Waals surface area contributed by atoms with Gasteiger partial charge in [0.1, 0.15) is 0 Å². The Morgan fingerprint density at radius 3 is 2.14 bits per heavy atom. The van der Waals surface area contributed by atoms with Crippen LogP contribution in [-0.2, 0) is 13.1 Å². The fourth-order valence-electron chi connectivity index (χ4n) is 5.32. The number of halogens is 4. The molecule has 2 saturated carbocycles. The number of amides is 1. The van der Waals surface area contributed by atoms with E-state index in [0.29, 0.717) is 17.0 Å². The van der Waals surface area contributed by atoms with Gasteiger partial charge in [-0.1, -0.05) is 31.2 Å². The van der Waals surface area contributed by atoms with Gasteiger partial charge in [0.15, 0.2) is 0 Å². The fraction of sp³-hybridized carbons (Fsp3) is 0.464. The Kier molecular flexibility index (Phi) is 7.88. The maximum Gasteiger partial charge on any atom is 0.442 e. The maximum absolute atomic E-state index is 13.8. The van der Waals surface area contributed by atoms with E-state index in [1.54, 1.807) is 0 Å². The van der Waals surface area contributed by atoms with Crippen LogP contribution in [0, 0.1) is 17.2 Å². The molecule has 9 heteroatoms.